The molecule has 1 saturated heterocycles. The molecule has 0 amide bonds. The molecule has 0 aromatic carbocycles. The third-order valence-electron chi connectivity index (χ3n) is 3.98. The smallest absolute Gasteiger partial charge is 0.407 e. The van der Waals surface area contributed by atoms with Gasteiger partial charge in [-0.3, -0.25) is 9.13 Å². The van der Waals surface area contributed by atoms with Crippen LogP contribution in [0.3, 0.4) is 0 Å². The van der Waals surface area contributed by atoms with Crippen molar-refractivity contribution < 1.29 is 16.5 Å². The fourth-order valence-corrected chi connectivity index (χ4v) is 20.8. The Balaban J connectivity index is 3.17. The van der Waals surface area contributed by atoms with Crippen LogP contribution in [0.15, 0.2) is 0 Å². The average Bonchev–Trinajstić information content (AvgIpc) is 2.32. The molecule has 1 aliphatic rings. The van der Waals surface area contributed by atoms with Gasteiger partial charge in [0.25, 0.3) is 0 Å². The minimum absolute atomic E-state index is 0.889. The van der Waals surface area contributed by atoms with E-state index < -0.39 is 35.3 Å². The van der Waals surface area contributed by atoms with Gasteiger partial charge in [0.15, 0.2) is 0 Å². The predicted octanol–water partition coefficient (Wildman–Crippen LogP) is 1.66. The number of hydrogen-bond acceptors (Lipinski definition) is 6. The third-order valence-corrected chi connectivity index (χ3v) is 20.6. The maximum absolute atomic E-state index is 6.65. The summed E-state index contributed by atoms with van der Waals surface area (Å²) >= 11 is 0. The summed E-state index contributed by atoms with van der Waals surface area (Å²) in [5, 5.41) is 0. The van der Waals surface area contributed by atoms with E-state index >= 15 is 0 Å². The van der Waals surface area contributed by atoms with Crippen molar-refractivity contribution in [2.24, 2.45) is 0 Å². The molecule has 0 saturated carbocycles. The summed E-state index contributed by atoms with van der Waals surface area (Å²) in [6, 6.07) is 0. The highest BCUT2D eigenvalue weighted by molar-refractivity contribution is 6.88. The molecule has 0 radical (unpaired) electrons. The highest BCUT2D eigenvalue weighted by Crippen LogP contribution is 2.29. The van der Waals surface area contributed by atoms with Crippen molar-refractivity contribution in [3.8, 4) is 0 Å². The summed E-state index contributed by atoms with van der Waals surface area (Å²) < 4.78 is 30.2. The van der Waals surface area contributed by atoms with Gasteiger partial charge in [0.1, 0.15) is 0 Å². The van der Waals surface area contributed by atoms with Gasteiger partial charge in [-0.2, -0.15) is 0 Å². The van der Waals surface area contributed by atoms with Crippen molar-refractivity contribution in [3.05, 3.63) is 0 Å². The van der Waals surface area contributed by atoms with E-state index in [9.17, 15) is 0 Å². The Kier molecular flexibility index (Phi) is 6.58. The Morgan fingerprint density at radius 3 is 1.76 bits per heavy atom. The van der Waals surface area contributed by atoms with Gasteiger partial charge >= 0.3 is 35.3 Å². The maximum Gasteiger partial charge on any atom is 0.407 e. The van der Waals surface area contributed by atoms with Gasteiger partial charge in [-0.1, -0.05) is 13.8 Å². The van der Waals surface area contributed by atoms with Gasteiger partial charge < -0.3 is 16.5 Å². The first kappa shape index (κ1) is 19.7. The van der Waals surface area contributed by atoms with E-state index in [0.717, 1.165) is 13.1 Å². The van der Waals surface area contributed by atoms with Gasteiger partial charge in [0, 0.05) is 0 Å². The van der Waals surface area contributed by atoms with Crippen LogP contribution in [0.4, 0.5) is 0 Å². The molecule has 1 rings (SSSR count). The summed E-state index contributed by atoms with van der Waals surface area (Å²) in [4.78, 5) is 0. The largest absolute Gasteiger partial charge is 0.418 e. The van der Waals surface area contributed by atoms with Crippen molar-refractivity contribution >= 4 is 35.3 Å². The molecule has 3 unspecified atom stereocenters. The number of hydrogen-bond donors (Lipinski definition) is 0. The first-order valence-corrected chi connectivity index (χ1v) is 17.1. The Bertz CT molecular complexity index is 365. The highest BCUT2D eigenvalue weighted by Gasteiger charge is 2.55. The molecule has 6 nitrogen and oxygen atoms in total. The highest BCUT2D eigenvalue weighted by atomic mass is 28.5. The molecule has 126 valence electrons. The van der Waals surface area contributed by atoms with Crippen LogP contribution < -0.4 is 0 Å². The molecular weight excluding hydrogens is 336 g/mol. The molecular formula is C11H32N2O4Si4. The summed E-state index contributed by atoms with van der Waals surface area (Å²) in [7, 11) is -4.83. The molecule has 0 aromatic rings. The van der Waals surface area contributed by atoms with E-state index in [-0.39, 0.29) is 0 Å². The SMILES string of the molecule is CCN(C)[Si]1(C)O[SiH](C)O[Si](C)(C)O[Si](C)(N(C)CC)O1. The average molecular weight is 369 g/mol. The Labute approximate surface area is 135 Å². The lowest BCUT2D eigenvalue weighted by Gasteiger charge is -2.49. The van der Waals surface area contributed by atoms with Crippen LogP contribution in [0.25, 0.3) is 0 Å². The first-order chi connectivity index (χ1) is 9.48. The van der Waals surface area contributed by atoms with Crippen LogP contribution >= 0.6 is 0 Å². The molecule has 1 aliphatic heterocycles. The molecule has 3 atom stereocenters. The monoisotopic (exact) mass is 368 g/mol. The van der Waals surface area contributed by atoms with Crippen molar-refractivity contribution in [2.45, 2.75) is 46.6 Å². The second-order valence-corrected chi connectivity index (χ2v) is 18.8. The van der Waals surface area contributed by atoms with Crippen LogP contribution in [-0.2, 0) is 16.5 Å². The number of nitrogens with zero attached hydrogens (tertiary/aromatic N) is 2. The predicted molar refractivity (Wildman–Crippen MR) is 94.7 cm³/mol. The molecule has 0 aliphatic carbocycles. The number of rotatable bonds is 4. The van der Waals surface area contributed by atoms with Gasteiger partial charge in [0.2, 0.25) is 0 Å². The van der Waals surface area contributed by atoms with Crippen molar-refractivity contribution in [1.29, 1.82) is 0 Å². The Morgan fingerprint density at radius 2 is 1.29 bits per heavy atom. The third kappa shape index (κ3) is 4.80. The Hall–Kier alpha value is 0.628. The molecule has 1 fully saturated rings. The fourth-order valence-electron chi connectivity index (χ4n) is 2.51. The quantitative estimate of drug-likeness (QED) is 0.703. The van der Waals surface area contributed by atoms with Crippen LogP contribution in [0.2, 0.25) is 32.7 Å². The molecule has 0 spiro atoms. The lowest BCUT2D eigenvalue weighted by Crippen LogP contribution is -2.72. The standard InChI is InChI=1S/C11H32N2O4Si4/c1-10-12(3)20(8)15-18(5)14-19(6,7)16-21(9,17-20)13(4)11-2/h18H,10-11H2,1-9H3. The van der Waals surface area contributed by atoms with Crippen LogP contribution in [0, 0.1) is 0 Å². The molecule has 0 N–H and O–H groups in total. The lowest BCUT2D eigenvalue weighted by molar-refractivity contribution is 0.171. The summed E-state index contributed by atoms with van der Waals surface area (Å²) in [6.07, 6.45) is 0. The zero-order valence-electron chi connectivity index (χ0n) is 15.0. The molecule has 0 aromatic heterocycles. The normalized spacial score (nSPS) is 37.6. The van der Waals surface area contributed by atoms with Gasteiger partial charge in [-0.05, 0) is 59.9 Å². The zero-order valence-corrected chi connectivity index (χ0v) is 19.2. The van der Waals surface area contributed by atoms with Crippen LogP contribution in [0.1, 0.15) is 13.8 Å². The van der Waals surface area contributed by atoms with Crippen molar-refractivity contribution in [2.75, 3.05) is 27.2 Å². The van der Waals surface area contributed by atoms with Crippen molar-refractivity contribution in [1.82, 2.24) is 9.13 Å². The minimum Gasteiger partial charge on any atom is -0.418 e. The fraction of sp³-hybridized carbons (Fsp3) is 1.00. The molecule has 1 heterocycles. The first-order valence-electron chi connectivity index (χ1n) is 7.66. The van der Waals surface area contributed by atoms with E-state index in [1.165, 1.54) is 0 Å². The van der Waals surface area contributed by atoms with E-state index in [4.69, 9.17) is 16.5 Å². The topological polar surface area (TPSA) is 43.4 Å². The lowest BCUT2D eigenvalue weighted by atomic mass is 10.8. The molecule has 21 heavy (non-hydrogen) atoms. The minimum atomic E-state index is -2.51. The van der Waals surface area contributed by atoms with E-state index in [1.807, 2.05) is 0 Å². The molecule has 0 bridgehead atoms. The molecule has 10 heteroatoms. The van der Waals surface area contributed by atoms with E-state index in [1.54, 1.807) is 0 Å². The second-order valence-electron chi connectivity index (χ2n) is 6.23. The van der Waals surface area contributed by atoms with Gasteiger partial charge in [-0.25, -0.2) is 0 Å². The van der Waals surface area contributed by atoms with Gasteiger partial charge in [-0.15, -0.1) is 0 Å². The summed E-state index contributed by atoms with van der Waals surface area (Å²) in [5.74, 6) is 0. The van der Waals surface area contributed by atoms with Crippen LogP contribution in [0.5, 0.6) is 0 Å². The van der Waals surface area contributed by atoms with E-state index in [0.29, 0.717) is 0 Å². The summed E-state index contributed by atoms with van der Waals surface area (Å²) in [5.41, 5.74) is 0. The maximum atomic E-state index is 6.65. The van der Waals surface area contributed by atoms with Crippen molar-refractivity contribution in [3.63, 3.8) is 0 Å². The van der Waals surface area contributed by atoms with E-state index in [2.05, 4.69) is 69.8 Å². The zero-order chi connectivity index (χ0) is 16.5. The van der Waals surface area contributed by atoms with Crippen LogP contribution in [-0.4, -0.2) is 71.6 Å². The Morgan fingerprint density at radius 1 is 0.810 bits per heavy atom. The second kappa shape index (κ2) is 7.03. The van der Waals surface area contributed by atoms with Gasteiger partial charge in [0.05, 0.1) is 0 Å². The summed E-state index contributed by atoms with van der Waals surface area (Å²) in [6.45, 7) is 16.5.